The van der Waals surface area contributed by atoms with E-state index in [1.165, 1.54) is 0 Å². The molecule has 108 valence electrons. The molecule has 2 aromatic carbocycles. The standard InChI is InChI=1S/C15H10N4OS2/c16-9-21-13-5-1-11(2-6-13)18-15(20)19-12-3-7-14(8-4-12)22-10-17/h1-8H,(H2,18,19,20). The third-order valence-electron chi connectivity index (χ3n) is 2.55. The zero-order valence-corrected chi connectivity index (χ0v) is 12.9. The van der Waals surface area contributed by atoms with Crippen LogP contribution in [0.1, 0.15) is 0 Å². The van der Waals surface area contributed by atoms with Gasteiger partial charge in [0.2, 0.25) is 0 Å². The maximum absolute atomic E-state index is 11.9. The van der Waals surface area contributed by atoms with Crippen molar-refractivity contribution in [1.82, 2.24) is 0 Å². The molecule has 7 heteroatoms. The summed E-state index contributed by atoms with van der Waals surface area (Å²) in [5, 5.41) is 26.5. The van der Waals surface area contributed by atoms with Crippen molar-refractivity contribution in [1.29, 1.82) is 10.5 Å². The van der Waals surface area contributed by atoms with Crippen molar-refractivity contribution >= 4 is 40.9 Å². The van der Waals surface area contributed by atoms with Gasteiger partial charge >= 0.3 is 6.03 Å². The van der Waals surface area contributed by atoms with Crippen LogP contribution >= 0.6 is 23.5 Å². The van der Waals surface area contributed by atoms with E-state index in [0.717, 1.165) is 33.3 Å². The molecule has 0 aliphatic carbocycles. The molecule has 2 N–H and O–H groups in total. The van der Waals surface area contributed by atoms with Gasteiger partial charge in [0.1, 0.15) is 10.8 Å². The molecule has 2 aromatic rings. The summed E-state index contributed by atoms with van der Waals surface area (Å²) in [6, 6.07) is 13.6. The molecule has 0 aromatic heterocycles. The van der Waals surface area contributed by atoms with Crippen LogP contribution in [-0.2, 0) is 0 Å². The van der Waals surface area contributed by atoms with Crippen molar-refractivity contribution in [3.8, 4) is 10.8 Å². The number of hydrogen-bond donors (Lipinski definition) is 2. The van der Waals surface area contributed by atoms with E-state index in [4.69, 9.17) is 10.5 Å². The van der Waals surface area contributed by atoms with Crippen LogP contribution in [0, 0.1) is 21.3 Å². The first-order valence-electron chi connectivity index (χ1n) is 6.11. The van der Waals surface area contributed by atoms with Gasteiger partial charge in [-0.3, -0.25) is 0 Å². The fourth-order valence-corrected chi connectivity index (χ4v) is 2.37. The number of thioether (sulfide) groups is 2. The molecule has 0 fully saturated rings. The fourth-order valence-electron chi connectivity index (χ4n) is 1.61. The van der Waals surface area contributed by atoms with Crippen LogP contribution in [0.2, 0.25) is 0 Å². The summed E-state index contributed by atoms with van der Waals surface area (Å²) in [4.78, 5) is 13.5. The Bertz CT molecular complexity index is 667. The Balaban J connectivity index is 1.92. The molecule has 22 heavy (non-hydrogen) atoms. The molecule has 0 heterocycles. The number of hydrogen-bond acceptors (Lipinski definition) is 5. The van der Waals surface area contributed by atoms with Crippen LogP contribution < -0.4 is 10.6 Å². The fraction of sp³-hybridized carbons (Fsp3) is 0. The first kappa shape index (κ1) is 15.8. The minimum atomic E-state index is -0.360. The van der Waals surface area contributed by atoms with Crippen molar-refractivity contribution in [2.75, 3.05) is 10.6 Å². The topological polar surface area (TPSA) is 88.7 Å². The number of benzene rings is 2. The predicted octanol–water partition coefficient (Wildman–Crippen LogP) is 4.48. The van der Waals surface area contributed by atoms with E-state index in [1.54, 1.807) is 48.5 Å². The lowest BCUT2D eigenvalue weighted by Gasteiger charge is -2.08. The Morgan fingerprint density at radius 3 is 1.45 bits per heavy atom. The molecule has 2 rings (SSSR count). The zero-order valence-electron chi connectivity index (χ0n) is 11.2. The van der Waals surface area contributed by atoms with E-state index in [-0.39, 0.29) is 6.03 Å². The average molecular weight is 326 g/mol. The number of carbonyl (C=O) groups excluding carboxylic acids is 1. The third-order valence-corrected chi connectivity index (χ3v) is 3.75. The summed E-state index contributed by atoms with van der Waals surface area (Å²) in [5.74, 6) is 0. The zero-order chi connectivity index (χ0) is 15.8. The van der Waals surface area contributed by atoms with Crippen LogP contribution in [0.15, 0.2) is 58.3 Å². The van der Waals surface area contributed by atoms with Gasteiger partial charge < -0.3 is 10.6 Å². The number of urea groups is 1. The Kier molecular flexibility index (Phi) is 5.73. The number of carbonyl (C=O) groups is 1. The van der Waals surface area contributed by atoms with Gasteiger partial charge in [0.15, 0.2) is 0 Å². The monoisotopic (exact) mass is 326 g/mol. The normalized spacial score (nSPS) is 9.36. The number of nitrogens with one attached hydrogen (secondary N) is 2. The smallest absolute Gasteiger partial charge is 0.308 e. The molecule has 0 spiro atoms. The van der Waals surface area contributed by atoms with E-state index in [2.05, 4.69) is 10.6 Å². The Morgan fingerprint density at radius 1 is 0.773 bits per heavy atom. The highest BCUT2D eigenvalue weighted by Gasteiger charge is 2.03. The Morgan fingerprint density at radius 2 is 1.14 bits per heavy atom. The lowest BCUT2D eigenvalue weighted by molar-refractivity contribution is 0.262. The summed E-state index contributed by atoms with van der Waals surface area (Å²) in [7, 11) is 0. The van der Waals surface area contributed by atoms with Gasteiger partial charge in [-0.25, -0.2) is 4.79 Å². The first-order valence-corrected chi connectivity index (χ1v) is 7.74. The maximum atomic E-state index is 11.9. The van der Waals surface area contributed by atoms with Crippen molar-refractivity contribution in [2.45, 2.75) is 9.79 Å². The maximum Gasteiger partial charge on any atom is 0.323 e. The van der Waals surface area contributed by atoms with Crippen LogP contribution in [0.3, 0.4) is 0 Å². The Labute approximate surface area is 136 Å². The van der Waals surface area contributed by atoms with Gasteiger partial charge in [-0.05, 0) is 72.1 Å². The summed E-state index contributed by atoms with van der Waals surface area (Å²) in [6.07, 6.45) is 0. The molecule has 0 saturated carbocycles. The molecule has 0 bridgehead atoms. The van der Waals surface area contributed by atoms with E-state index >= 15 is 0 Å². The average Bonchev–Trinajstić information content (AvgIpc) is 2.52. The predicted molar refractivity (Wildman–Crippen MR) is 88.5 cm³/mol. The van der Waals surface area contributed by atoms with Crippen LogP contribution in [-0.4, -0.2) is 6.03 Å². The molecule has 0 aliphatic heterocycles. The molecule has 0 aliphatic rings. The SMILES string of the molecule is N#CSc1ccc(NC(=O)Nc2ccc(SC#N)cc2)cc1. The molecule has 0 radical (unpaired) electrons. The van der Waals surface area contributed by atoms with Crippen molar-refractivity contribution in [2.24, 2.45) is 0 Å². The van der Waals surface area contributed by atoms with E-state index in [1.807, 2.05) is 10.8 Å². The number of nitrogens with zero attached hydrogens (tertiary/aromatic N) is 2. The number of rotatable bonds is 4. The summed E-state index contributed by atoms with van der Waals surface area (Å²) in [5.41, 5.74) is 1.27. The highest BCUT2D eigenvalue weighted by atomic mass is 32.2. The van der Waals surface area contributed by atoms with E-state index in [9.17, 15) is 4.79 Å². The van der Waals surface area contributed by atoms with Gasteiger partial charge in [0.25, 0.3) is 0 Å². The summed E-state index contributed by atoms with van der Waals surface area (Å²) >= 11 is 2.13. The first-order chi connectivity index (χ1) is 10.7. The second-order valence-corrected chi connectivity index (χ2v) is 5.73. The molecular weight excluding hydrogens is 316 g/mol. The summed E-state index contributed by atoms with van der Waals surface area (Å²) < 4.78 is 0. The van der Waals surface area contributed by atoms with Crippen molar-refractivity contribution in [3.05, 3.63) is 48.5 Å². The number of anilines is 2. The molecule has 0 unspecified atom stereocenters. The van der Waals surface area contributed by atoms with Gasteiger partial charge in [-0.2, -0.15) is 10.5 Å². The lowest BCUT2D eigenvalue weighted by Crippen LogP contribution is -2.19. The molecular formula is C15H10N4OS2. The summed E-state index contributed by atoms with van der Waals surface area (Å²) in [6.45, 7) is 0. The third kappa shape index (κ3) is 4.74. The van der Waals surface area contributed by atoms with Crippen LogP contribution in [0.4, 0.5) is 16.2 Å². The molecule has 5 nitrogen and oxygen atoms in total. The van der Waals surface area contributed by atoms with E-state index in [0.29, 0.717) is 11.4 Å². The number of amides is 2. The minimum Gasteiger partial charge on any atom is -0.308 e. The van der Waals surface area contributed by atoms with Gasteiger partial charge in [0.05, 0.1) is 0 Å². The van der Waals surface area contributed by atoms with Crippen LogP contribution in [0.5, 0.6) is 0 Å². The molecule has 0 saturated heterocycles. The minimum absolute atomic E-state index is 0.360. The lowest BCUT2D eigenvalue weighted by atomic mass is 10.3. The van der Waals surface area contributed by atoms with Gasteiger partial charge in [-0.15, -0.1) is 0 Å². The second kappa shape index (κ2) is 7.99. The largest absolute Gasteiger partial charge is 0.323 e. The number of nitriles is 2. The highest BCUT2D eigenvalue weighted by molar-refractivity contribution is 8.04. The number of thiocyanates is 2. The van der Waals surface area contributed by atoms with Crippen molar-refractivity contribution < 1.29 is 4.79 Å². The Hall–Kier alpha value is -2.61. The van der Waals surface area contributed by atoms with Crippen LogP contribution in [0.25, 0.3) is 0 Å². The molecule has 0 atom stereocenters. The van der Waals surface area contributed by atoms with Gasteiger partial charge in [-0.1, -0.05) is 0 Å². The quantitative estimate of drug-likeness (QED) is 0.639. The van der Waals surface area contributed by atoms with Crippen molar-refractivity contribution in [3.63, 3.8) is 0 Å². The van der Waals surface area contributed by atoms with Gasteiger partial charge in [0, 0.05) is 21.2 Å². The molecule has 2 amide bonds. The highest BCUT2D eigenvalue weighted by Crippen LogP contribution is 2.20. The van der Waals surface area contributed by atoms with E-state index < -0.39 is 0 Å². The second-order valence-electron chi connectivity index (χ2n) is 4.01.